The zero-order valence-corrected chi connectivity index (χ0v) is 29.7. The Kier molecular flexibility index (Phi) is 16.9. The summed E-state index contributed by atoms with van der Waals surface area (Å²) in [6.07, 6.45) is 13.5. The summed E-state index contributed by atoms with van der Waals surface area (Å²) >= 11 is 0. The van der Waals surface area contributed by atoms with Crippen LogP contribution in [0, 0.1) is 0 Å². The van der Waals surface area contributed by atoms with Gasteiger partial charge >= 0.3 is 17.9 Å². The summed E-state index contributed by atoms with van der Waals surface area (Å²) in [6, 6.07) is 24.2. The van der Waals surface area contributed by atoms with Gasteiger partial charge in [0.1, 0.15) is 17.6 Å². The Bertz CT molecular complexity index is 1500. The predicted molar refractivity (Wildman–Crippen MR) is 199 cm³/mol. The summed E-state index contributed by atoms with van der Waals surface area (Å²) in [6.45, 7) is 8.87. The van der Waals surface area contributed by atoms with Crippen LogP contribution in [0.25, 0.3) is 11.1 Å². The number of carbonyl (C=O) groups excluding carboxylic acids is 3. The summed E-state index contributed by atoms with van der Waals surface area (Å²) < 4.78 is 27.6. The number of benzene rings is 3. The van der Waals surface area contributed by atoms with E-state index in [2.05, 4.69) is 49.6 Å². The van der Waals surface area contributed by atoms with Gasteiger partial charge < -0.3 is 23.7 Å². The molecule has 0 aliphatic heterocycles. The van der Waals surface area contributed by atoms with Crippen LogP contribution in [0.15, 0.2) is 98.1 Å². The van der Waals surface area contributed by atoms with Crippen molar-refractivity contribution < 1.29 is 38.1 Å². The van der Waals surface area contributed by atoms with E-state index < -0.39 is 0 Å². The van der Waals surface area contributed by atoms with Crippen molar-refractivity contribution >= 4 is 17.9 Å². The van der Waals surface area contributed by atoms with Crippen molar-refractivity contribution in [2.45, 2.75) is 89.1 Å². The second-order valence-corrected chi connectivity index (χ2v) is 12.8. The van der Waals surface area contributed by atoms with E-state index in [1.165, 1.54) is 23.3 Å². The van der Waals surface area contributed by atoms with E-state index in [1.54, 1.807) is 12.1 Å². The maximum atomic E-state index is 12.8. The first-order valence-corrected chi connectivity index (χ1v) is 18.3. The van der Waals surface area contributed by atoms with E-state index in [-0.39, 0.29) is 24.0 Å². The second kappa shape index (κ2) is 22.1. The zero-order chi connectivity index (χ0) is 36.1. The monoisotopic (exact) mass is 696 g/mol. The van der Waals surface area contributed by atoms with Gasteiger partial charge in [-0.3, -0.25) is 0 Å². The Labute approximate surface area is 302 Å². The molecule has 0 heterocycles. The molecule has 1 aliphatic rings. The van der Waals surface area contributed by atoms with Gasteiger partial charge in [-0.2, -0.15) is 0 Å². The van der Waals surface area contributed by atoms with Crippen molar-refractivity contribution in [3.63, 3.8) is 0 Å². The molecule has 0 spiro atoms. The van der Waals surface area contributed by atoms with Crippen molar-refractivity contribution in [1.29, 1.82) is 0 Å². The first-order valence-electron chi connectivity index (χ1n) is 18.3. The molecule has 3 aromatic carbocycles. The lowest BCUT2D eigenvalue weighted by Crippen LogP contribution is -2.24. The van der Waals surface area contributed by atoms with Crippen molar-refractivity contribution in [3.8, 4) is 22.6 Å². The van der Waals surface area contributed by atoms with E-state index >= 15 is 0 Å². The molecule has 0 atom stereocenters. The van der Waals surface area contributed by atoms with E-state index in [1.807, 2.05) is 24.3 Å². The minimum Gasteiger partial charge on any atom is -0.494 e. The topological polar surface area (TPSA) is 97.4 Å². The smallest absolute Gasteiger partial charge is 0.338 e. The van der Waals surface area contributed by atoms with Gasteiger partial charge in [-0.15, -0.1) is 0 Å². The lowest BCUT2D eigenvalue weighted by atomic mass is 9.82. The molecule has 0 aromatic heterocycles. The molecule has 272 valence electrons. The summed E-state index contributed by atoms with van der Waals surface area (Å²) in [7, 11) is 0. The van der Waals surface area contributed by atoms with Gasteiger partial charge in [0.15, 0.2) is 0 Å². The fourth-order valence-corrected chi connectivity index (χ4v) is 6.07. The third-order valence-electron chi connectivity index (χ3n) is 9.04. The average molecular weight is 697 g/mol. The number of unbranched alkanes of at least 4 members (excludes halogenated alkanes) is 6. The molecule has 1 fully saturated rings. The number of hydrogen-bond acceptors (Lipinski definition) is 8. The Balaban J connectivity index is 1.09. The molecule has 8 nitrogen and oxygen atoms in total. The van der Waals surface area contributed by atoms with E-state index in [0.717, 1.165) is 94.1 Å². The lowest BCUT2D eigenvalue weighted by molar-refractivity contribution is -0.138. The van der Waals surface area contributed by atoms with Crippen LogP contribution in [0.3, 0.4) is 0 Å². The highest BCUT2D eigenvalue weighted by molar-refractivity contribution is 5.89. The van der Waals surface area contributed by atoms with Crippen LogP contribution in [0.2, 0.25) is 0 Å². The fourth-order valence-electron chi connectivity index (χ4n) is 6.07. The number of hydrogen-bond donors (Lipinski definition) is 0. The molecule has 1 saturated carbocycles. The van der Waals surface area contributed by atoms with Gasteiger partial charge in [-0.25, -0.2) is 14.4 Å². The van der Waals surface area contributed by atoms with Crippen molar-refractivity contribution in [2.75, 3.05) is 26.4 Å². The Morgan fingerprint density at radius 3 is 1.45 bits per heavy atom. The normalized spacial score (nSPS) is 15.3. The first kappa shape index (κ1) is 38.9. The van der Waals surface area contributed by atoms with Crippen LogP contribution in [-0.4, -0.2) is 50.4 Å². The van der Waals surface area contributed by atoms with Crippen LogP contribution in [0.5, 0.6) is 11.5 Å². The Morgan fingerprint density at radius 1 is 0.549 bits per heavy atom. The van der Waals surface area contributed by atoms with Gasteiger partial charge in [-0.1, -0.05) is 49.6 Å². The Hall–Kier alpha value is -4.85. The van der Waals surface area contributed by atoms with Gasteiger partial charge in [0, 0.05) is 12.2 Å². The predicted octanol–water partition coefficient (Wildman–Crippen LogP) is 9.57. The molecule has 0 unspecified atom stereocenters. The van der Waals surface area contributed by atoms with Crippen LogP contribution in [0.4, 0.5) is 0 Å². The van der Waals surface area contributed by atoms with Crippen LogP contribution in [-0.2, 0) is 23.8 Å². The standard InChI is InChI=1S/C43H52O8/c1-3-41(44)49-31-11-7-5-9-29-47-38-23-17-35(18-24-38)33-13-15-34(16-14-33)36-19-27-40(28-20-36)51-43(46)37-21-25-39(26-22-37)48-30-10-6-8-12-32-50-42(45)4-2/h3-4,13-18,21-26,36,40H,1-2,5-12,19-20,27-32H2. The maximum absolute atomic E-state index is 12.8. The van der Waals surface area contributed by atoms with Gasteiger partial charge in [0.25, 0.3) is 0 Å². The fraction of sp³-hybridized carbons (Fsp3) is 0.419. The highest BCUT2D eigenvalue weighted by atomic mass is 16.5. The summed E-state index contributed by atoms with van der Waals surface area (Å²) in [5, 5.41) is 0. The molecule has 0 bridgehead atoms. The first-order chi connectivity index (χ1) is 24.9. The van der Waals surface area contributed by atoms with Crippen molar-refractivity contribution in [2.24, 2.45) is 0 Å². The molecule has 3 aromatic rings. The van der Waals surface area contributed by atoms with Gasteiger partial charge in [-0.05, 0) is 136 Å². The van der Waals surface area contributed by atoms with E-state index in [9.17, 15) is 14.4 Å². The minimum atomic E-state index is -0.383. The molecule has 0 saturated heterocycles. The quantitative estimate of drug-likeness (QED) is 0.0444. The number of ether oxygens (including phenoxy) is 5. The molecule has 4 rings (SSSR count). The van der Waals surface area contributed by atoms with Crippen molar-refractivity contribution in [3.05, 3.63) is 109 Å². The highest BCUT2D eigenvalue weighted by Crippen LogP contribution is 2.35. The summed E-state index contributed by atoms with van der Waals surface area (Å²) in [4.78, 5) is 34.9. The molecule has 0 radical (unpaired) electrons. The van der Waals surface area contributed by atoms with E-state index in [0.29, 0.717) is 37.9 Å². The number of esters is 3. The number of rotatable bonds is 22. The molecule has 1 aliphatic carbocycles. The third-order valence-corrected chi connectivity index (χ3v) is 9.04. The van der Waals surface area contributed by atoms with Crippen molar-refractivity contribution in [1.82, 2.24) is 0 Å². The number of carbonyl (C=O) groups is 3. The summed E-state index contributed by atoms with van der Waals surface area (Å²) in [5.74, 6) is 1.01. The van der Waals surface area contributed by atoms with Gasteiger partial charge in [0.2, 0.25) is 0 Å². The van der Waals surface area contributed by atoms with Gasteiger partial charge in [0.05, 0.1) is 32.0 Å². The van der Waals surface area contributed by atoms with Crippen LogP contribution < -0.4 is 9.47 Å². The Morgan fingerprint density at radius 2 is 0.980 bits per heavy atom. The summed E-state index contributed by atoms with van der Waals surface area (Å²) in [5.41, 5.74) is 4.18. The second-order valence-electron chi connectivity index (χ2n) is 12.8. The van der Waals surface area contributed by atoms with E-state index in [4.69, 9.17) is 23.7 Å². The van der Waals surface area contributed by atoms with Crippen LogP contribution in [0.1, 0.15) is 98.9 Å². The SMILES string of the molecule is C=CC(=O)OCCCCCCOc1ccc(C(=O)OC2CCC(c3ccc(-c4ccc(OCCCCCCOC(=O)C=C)cc4)cc3)CC2)cc1. The molecular weight excluding hydrogens is 644 g/mol. The third kappa shape index (κ3) is 14.1. The average Bonchev–Trinajstić information content (AvgIpc) is 3.17. The molecule has 0 amide bonds. The molecule has 8 heteroatoms. The molecular formula is C43H52O8. The van der Waals surface area contributed by atoms with Crippen LogP contribution >= 0.6 is 0 Å². The molecule has 0 N–H and O–H groups in total. The maximum Gasteiger partial charge on any atom is 0.338 e. The minimum absolute atomic E-state index is 0.0705. The molecule has 51 heavy (non-hydrogen) atoms. The zero-order valence-electron chi connectivity index (χ0n) is 29.7. The largest absolute Gasteiger partial charge is 0.494 e. The highest BCUT2D eigenvalue weighted by Gasteiger charge is 2.25. The lowest BCUT2D eigenvalue weighted by Gasteiger charge is -2.28.